The van der Waals surface area contributed by atoms with Crippen LogP contribution < -0.4 is 0 Å². The molecule has 0 bridgehead atoms. The molecule has 8 heteroatoms. The third-order valence-electron chi connectivity index (χ3n) is 3.47. The highest BCUT2D eigenvalue weighted by Crippen LogP contribution is 2.29. The monoisotopic (exact) mass is 332 g/mol. The molecule has 23 heavy (non-hydrogen) atoms. The normalized spacial score (nSPS) is 17.4. The molecule has 2 aromatic carbocycles. The van der Waals surface area contributed by atoms with Crippen LogP contribution >= 0.6 is 0 Å². The molecule has 0 amide bonds. The van der Waals surface area contributed by atoms with Crippen LogP contribution in [0, 0.1) is 10.1 Å². The van der Waals surface area contributed by atoms with Crippen LogP contribution in [-0.4, -0.2) is 24.5 Å². The summed E-state index contributed by atoms with van der Waals surface area (Å²) in [5, 5.41) is 14.8. The molecule has 0 spiro atoms. The lowest BCUT2D eigenvalue weighted by Crippen LogP contribution is -2.21. The van der Waals surface area contributed by atoms with Gasteiger partial charge in [0.15, 0.2) is 0 Å². The minimum atomic E-state index is -3.72. The van der Waals surface area contributed by atoms with E-state index in [1.165, 1.54) is 30.3 Å². The highest BCUT2D eigenvalue weighted by molar-refractivity contribution is 7.92. The Morgan fingerprint density at radius 1 is 1.09 bits per heavy atom. The molecule has 0 radical (unpaired) electrons. The van der Waals surface area contributed by atoms with E-state index in [0.717, 1.165) is 0 Å². The molecule has 7 nitrogen and oxygen atoms in total. The van der Waals surface area contributed by atoms with Gasteiger partial charge in [-0.1, -0.05) is 35.5 Å². The van der Waals surface area contributed by atoms with Crippen molar-refractivity contribution in [3.8, 4) is 0 Å². The van der Waals surface area contributed by atoms with Crippen LogP contribution in [0.4, 0.5) is 5.69 Å². The summed E-state index contributed by atoms with van der Waals surface area (Å²) in [6.45, 7) is 0. The summed E-state index contributed by atoms with van der Waals surface area (Å²) in [6.07, 6.45) is -0.0396. The summed E-state index contributed by atoms with van der Waals surface area (Å²) in [7, 11) is -3.72. The summed E-state index contributed by atoms with van der Waals surface area (Å²) in [5.41, 5.74) is -0.794. The van der Waals surface area contributed by atoms with Crippen molar-refractivity contribution in [1.82, 2.24) is 0 Å². The van der Waals surface area contributed by atoms with Crippen LogP contribution in [0.5, 0.6) is 0 Å². The standard InChI is InChI=1S/C15H12N2O5S/c18-17(19)14-9-5-4-8-12(14)13-10-15(22-16-13)23(20,21)11-6-2-1-3-7-11/h1-9,15H,10H2/t15-/m1/s1. The van der Waals surface area contributed by atoms with Crippen molar-refractivity contribution in [1.29, 1.82) is 0 Å². The van der Waals surface area contributed by atoms with E-state index < -0.39 is 20.2 Å². The molecule has 3 rings (SSSR count). The van der Waals surface area contributed by atoms with E-state index in [-0.39, 0.29) is 28.3 Å². The van der Waals surface area contributed by atoms with E-state index in [1.54, 1.807) is 24.3 Å². The zero-order chi connectivity index (χ0) is 16.4. The van der Waals surface area contributed by atoms with Crippen molar-refractivity contribution >= 4 is 21.2 Å². The Kier molecular flexibility index (Phi) is 3.83. The first kappa shape index (κ1) is 15.2. The SMILES string of the molecule is O=[N+]([O-])c1ccccc1C1=NO[C@H](S(=O)(=O)c2ccccc2)C1. The number of sulfone groups is 1. The van der Waals surface area contributed by atoms with Crippen molar-refractivity contribution in [2.45, 2.75) is 16.8 Å². The number of hydrogen-bond donors (Lipinski definition) is 0. The molecule has 1 aliphatic heterocycles. The second-order valence-corrected chi connectivity index (χ2v) is 7.00. The fourth-order valence-corrected chi connectivity index (χ4v) is 3.69. The number of para-hydroxylation sites is 1. The average Bonchev–Trinajstić information content (AvgIpc) is 3.06. The molecule has 0 fully saturated rings. The molecule has 0 unspecified atom stereocenters. The number of oxime groups is 1. The number of rotatable bonds is 4. The second kappa shape index (κ2) is 5.81. The van der Waals surface area contributed by atoms with Gasteiger partial charge in [0.25, 0.3) is 5.69 Å². The molecule has 0 N–H and O–H groups in total. The summed E-state index contributed by atoms with van der Waals surface area (Å²) >= 11 is 0. The van der Waals surface area contributed by atoms with E-state index in [4.69, 9.17) is 4.84 Å². The topological polar surface area (TPSA) is 98.9 Å². The molecule has 0 aromatic heterocycles. The molecule has 1 atom stereocenters. The predicted octanol–water partition coefficient (Wildman–Crippen LogP) is 2.52. The fraction of sp³-hybridized carbons (Fsp3) is 0.133. The predicted molar refractivity (Wildman–Crippen MR) is 82.8 cm³/mol. The molecular formula is C15H12N2O5S. The Balaban J connectivity index is 1.89. The van der Waals surface area contributed by atoms with Gasteiger partial charge in [-0.25, -0.2) is 8.42 Å². The van der Waals surface area contributed by atoms with Crippen LogP contribution in [0.25, 0.3) is 0 Å². The van der Waals surface area contributed by atoms with Crippen LogP contribution in [0.15, 0.2) is 64.6 Å². The zero-order valence-electron chi connectivity index (χ0n) is 11.8. The molecule has 0 aliphatic carbocycles. The Hall–Kier alpha value is -2.74. The first-order valence-corrected chi connectivity index (χ1v) is 8.30. The van der Waals surface area contributed by atoms with Gasteiger partial charge >= 0.3 is 0 Å². The van der Waals surface area contributed by atoms with Gasteiger partial charge in [0.05, 0.1) is 21.1 Å². The Labute approximate surface area is 132 Å². The Morgan fingerprint density at radius 2 is 1.74 bits per heavy atom. The van der Waals surface area contributed by atoms with Gasteiger partial charge in [0.1, 0.15) is 0 Å². The van der Waals surface area contributed by atoms with Crippen molar-refractivity contribution in [3.05, 3.63) is 70.3 Å². The summed E-state index contributed by atoms with van der Waals surface area (Å²) in [6, 6.07) is 13.9. The van der Waals surface area contributed by atoms with Gasteiger partial charge in [-0.05, 0) is 18.2 Å². The van der Waals surface area contributed by atoms with Gasteiger partial charge in [-0.15, -0.1) is 0 Å². The zero-order valence-corrected chi connectivity index (χ0v) is 12.6. The maximum absolute atomic E-state index is 12.5. The molecule has 1 heterocycles. The molecular weight excluding hydrogens is 320 g/mol. The molecule has 1 aliphatic rings. The van der Waals surface area contributed by atoms with Gasteiger partial charge in [-0.3, -0.25) is 10.1 Å². The Morgan fingerprint density at radius 3 is 2.43 bits per heavy atom. The Bertz CT molecular complexity index is 878. The van der Waals surface area contributed by atoms with E-state index >= 15 is 0 Å². The third kappa shape index (κ3) is 2.80. The van der Waals surface area contributed by atoms with Crippen molar-refractivity contribution < 1.29 is 18.2 Å². The molecule has 118 valence electrons. The minimum Gasteiger partial charge on any atom is -0.375 e. The summed E-state index contributed by atoms with van der Waals surface area (Å²) in [5.74, 6) is 0. The lowest BCUT2D eigenvalue weighted by molar-refractivity contribution is -0.385. The van der Waals surface area contributed by atoms with Crippen LogP contribution in [-0.2, 0) is 14.7 Å². The summed E-state index contributed by atoms with van der Waals surface area (Å²) < 4.78 is 25.0. The highest BCUT2D eigenvalue weighted by atomic mass is 32.2. The largest absolute Gasteiger partial charge is 0.375 e. The summed E-state index contributed by atoms with van der Waals surface area (Å²) in [4.78, 5) is 15.7. The maximum atomic E-state index is 12.5. The van der Waals surface area contributed by atoms with Gasteiger partial charge < -0.3 is 4.84 Å². The first-order chi connectivity index (χ1) is 11.0. The van der Waals surface area contributed by atoms with Crippen LogP contribution in [0.3, 0.4) is 0 Å². The lowest BCUT2D eigenvalue weighted by atomic mass is 10.1. The van der Waals surface area contributed by atoms with E-state index in [1.807, 2.05) is 0 Å². The number of nitro benzene ring substituents is 1. The maximum Gasteiger partial charge on any atom is 0.278 e. The van der Waals surface area contributed by atoms with Crippen molar-refractivity contribution in [2.75, 3.05) is 0 Å². The van der Waals surface area contributed by atoms with Gasteiger partial charge in [0.2, 0.25) is 15.3 Å². The van der Waals surface area contributed by atoms with Gasteiger partial charge in [-0.2, -0.15) is 0 Å². The van der Waals surface area contributed by atoms with E-state index in [9.17, 15) is 18.5 Å². The molecule has 0 saturated heterocycles. The fourth-order valence-electron chi connectivity index (χ4n) is 2.32. The minimum absolute atomic E-state index is 0.0396. The van der Waals surface area contributed by atoms with Crippen LogP contribution in [0.2, 0.25) is 0 Å². The van der Waals surface area contributed by atoms with E-state index in [2.05, 4.69) is 5.16 Å². The highest BCUT2D eigenvalue weighted by Gasteiger charge is 2.36. The lowest BCUT2D eigenvalue weighted by Gasteiger charge is -2.09. The molecule has 2 aromatic rings. The third-order valence-corrected chi connectivity index (χ3v) is 5.34. The number of hydrogen-bond acceptors (Lipinski definition) is 6. The first-order valence-electron chi connectivity index (χ1n) is 6.75. The van der Waals surface area contributed by atoms with Crippen LogP contribution in [0.1, 0.15) is 12.0 Å². The molecule has 0 saturated carbocycles. The average molecular weight is 332 g/mol. The van der Waals surface area contributed by atoms with Crippen molar-refractivity contribution in [3.63, 3.8) is 0 Å². The number of nitrogens with zero attached hydrogens (tertiary/aromatic N) is 2. The second-order valence-electron chi connectivity index (χ2n) is 4.91. The quantitative estimate of drug-likeness (QED) is 0.633. The van der Waals surface area contributed by atoms with E-state index in [0.29, 0.717) is 0 Å². The van der Waals surface area contributed by atoms with Gasteiger partial charge in [0, 0.05) is 12.5 Å². The number of benzene rings is 2. The smallest absolute Gasteiger partial charge is 0.278 e. The number of nitro groups is 1. The van der Waals surface area contributed by atoms with Crippen molar-refractivity contribution in [2.24, 2.45) is 5.16 Å².